The first-order valence-corrected chi connectivity index (χ1v) is 6.79. The predicted octanol–water partition coefficient (Wildman–Crippen LogP) is 2.71. The van der Waals surface area contributed by atoms with Crippen LogP contribution in [0, 0.1) is 20.8 Å². The van der Waals surface area contributed by atoms with Crippen molar-refractivity contribution >= 4 is 29.1 Å². The van der Waals surface area contributed by atoms with Crippen LogP contribution in [0.5, 0.6) is 0 Å². The molecule has 0 aliphatic heterocycles. The molecular formula is C11H11N3O2S2. The molecule has 0 fully saturated rings. The topological polar surface area (TPSA) is 76.0 Å². The third-order valence-electron chi connectivity index (χ3n) is 2.19. The highest BCUT2D eigenvalue weighted by molar-refractivity contribution is 8.01. The van der Waals surface area contributed by atoms with Gasteiger partial charge in [0.05, 0.1) is 17.1 Å². The largest absolute Gasteiger partial charge is 0.477 e. The maximum atomic E-state index is 10.9. The SMILES string of the molecule is Cc1cnc(C)c(Sc2nc(C)c(C(=O)O)s2)n1. The van der Waals surface area contributed by atoms with Gasteiger partial charge in [-0.1, -0.05) is 11.3 Å². The number of rotatable bonds is 3. The van der Waals surface area contributed by atoms with Gasteiger partial charge < -0.3 is 5.11 Å². The molecule has 0 aliphatic rings. The zero-order chi connectivity index (χ0) is 13.3. The average Bonchev–Trinajstić information content (AvgIpc) is 2.65. The number of hydrogen-bond donors (Lipinski definition) is 1. The third-order valence-corrected chi connectivity index (χ3v) is 4.47. The summed E-state index contributed by atoms with van der Waals surface area (Å²) in [6.07, 6.45) is 1.70. The molecule has 0 atom stereocenters. The zero-order valence-corrected chi connectivity index (χ0v) is 11.7. The minimum atomic E-state index is -0.941. The van der Waals surface area contributed by atoms with E-state index in [9.17, 15) is 4.79 Å². The number of hydrogen-bond acceptors (Lipinski definition) is 6. The molecule has 0 radical (unpaired) electrons. The van der Waals surface area contributed by atoms with Gasteiger partial charge in [-0.15, -0.1) is 0 Å². The molecule has 18 heavy (non-hydrogen) atoms. The smallest absolute Gasteiger partial charge is 0.347 e. The van der Waals surface area contributed by atoms with E-state index in [2.05, 4.69) is 15.0 Å². The molecule has 0 unspecified atom stereocenters. The Morgan fingerprint density at radius 2 is 2.00 bits per heavy atom. The molecule has 0 aliphatic carbocycles. The van der Waals surface area contributed by atoms with Crippen molar-refractivity contribution in [3.8, 4) is 0 Å². The first kappa shape index (κ1) is 13.0. The van der Waals surface area contributed by atoms with Gasteiger partial charge in [0.15, 0.2) is 4.34 Å². The van der Waals surface area contributed by atoms with Crippen LogP contribution in [0.3, 0.4) is 0 Å². The van der Waals surface area contributed by atoms with E-state index in [1.54, 1.807) is 13.1 Å². The maximum Gasteiger partial charge on any atom is 0.347 e. The summed E-state index contributed by atoms with van der Waals surface area (Å²) in [6, 6.07) is 0. The lowest BCUT2D eigenvalue weighted by Gasteiger charge is -2.01. The van der Waals surface area contributed by atoms with Gasteiger partial charge >= 0.3 is 5.97 Å². The van der Waals surface area contributed by atoms with Crippen LogP contribution in [0.2, 0.25) is 0 Å². The van der Waals surface area contributed by atoms with Crippen molar-refractivity contribution < 1.29 is 9.90 Å². The number of aromatic carboxylic acids is 1. The van der Waals surface area contributed by atoms with E-state index >= 15 is 0 Å². The Bertz CT molecular complexity index is 610. The molecule has 7 heteroatoms. The number of carbonyl (C=O) groups is 1. The first-order valence-electron chi connectivity index (χ1n) is 5.16. The number of carboxylic acid groups (broad SMARTS) is 1. The summed E-state index contributed by atoms with van der Waals surface area (Å²) in [5, 5.41) is 9.74. The summed E-state index contributed by atoms with van der Waals surface area (Å²) in [5.41, 5.74) is 2.18. The summed E-state index contributed by atoms with van der Waals surface area (Å²) in [5.74, 6) is -0.941. The molecule has 0 bridgehead atoms. The number of nitrogens with zero attached hydrogens (tertiary/aromatic N) is 3. The minimum absolute atomic E-state index is 0.274. The fraction of sp³-hybridized carbons (Fsp3) is 0.273. The number of carboxylic acids is 1. The van der Waals surface area contributed by atoms with Gasteiger partial charge in [0.1, 0.15) is 9.90 Å². The van der Waals surface area contributed by atoms with Gasteiger partial charge in [0.2, 0.25) is 0 Å². The lowest BCUT2D eigenvalue weighted by atomic mass is 10.4. The van der Waals surface area contributed by atoms with E-state index in [-0.39, 0.29) is 4.88 Å². The highest BCUT2D eigenvalue weighted by Gasteiger charge is 2.16. The molecule has 94 valence electrons. The van der Waals surface area contributed by atoms with Crippen molar-refractivity contribution in [3.63, 3.8) is 0 Å². The van der Waals surface area contributed by atoms with E-state index in [0.29, 0.717) is 10.0 Å². The van der Waals surface area contributed by atoms with Gasteiger partial charge in [0, 0.05) is 6.20 Å². The molecule has 2 aromatic rings. The van der Waals surface area contributed by atoms with Gasteiger partial charge in [-0.3, -0.25) is 4.98 Å². The summed E-state index contributed by atoms with van der Waals surface area (Å²) in [4.78, 5) is 24.0. The van der Waals surface area contributed by atoms with E-state index in [1.807, 2.05) is 13.8 Å². The van der Waals surface area contributed by atoms with Gasteiger partial charge in [-0.05, 0) is 32.5 Å². The minimum Gasteiger partial charge on any atom is -0.477 e. The van der Waals surface area contributed by atoms with Crippen LogP contribution < -0.4 is 0 Å². The second-order valence-corrected chi connectivity index (χ2v) is 5.94. The predicted molar refractivity (Wildman–Crippen MR) is 69.4 cm³/mol. The Morgan fingerprint density at radius 1 is 1.28 bits per heavy atom. The van der Waals surface area contributed by atoms with Crippen LogP contribution in [-0.4, -0.2) is 26.0 Å². The van der Waals surface area contributed by atoms with Gasteiger partial charge in [0.25, 0.3) is 0 Å². The van der Waals surface area contributed by atoms with Crippen molar-refractivity contribution in [3.05, 3.63) is 28.2 Å². The van der Waals surface area contributed by atoms with Gasteiger partial charge in [-0.2, -0.15) is 0 Å². The van der Waals surface area contributed by atoms with E-state index in [0.717, 1.165) is 27.8 Å². The van der Waals surface area contributed by atoms with Crippen LogP contribution in [0.4, 0.5) is 0 Å². The monoisotopic (exact) mass is 281 g/mol. The average molecular weight is 281 g/mol. The highest BCUT2D eigenvalue weighted by Crippen LogP contribution is 2.32. The lowest BCUT2D eigenvalue weighted by Crippen LogP contribution is -1.94. The number of thiazole rings is 1. The Balaban J connectivity index is 2.31. The number of aryl methyl sites for hydroxylation is 3. The number of aromatic nitrogens is 3. The van der Waals surface area contributed by atoms with Crippen LogP contribution in [0.15, 0.2) is 15.6 Å². The van der Waals surface area contributed by atoms with Crippen molar-refractivity contribution in [1.29, 1.82) is 0 Å². The molecule has 2 rings (SSSR count). The van der Waals surface area contributed by atoms with Crippen molar-refractivity contribution in [2.75, 3.05) is 0 Å². The first-order chi connectivity index (χ1) is 8.47. The molecule has 2 aromatic heterocycles. The van der Waals surface area contributed by atoms with Gasteiger partial charge in [-0.25, -0.2) is 14.8 Å². The second kappa shape index (κ2) is 5.03. The van der Waals surface area contributed by atoms with Crippen LogP contribution in [-0.2, 0) is 0 Å². The Morgan fingerprint density at radius 3 is 2.61 bits per heavy atom. The van der Waals surface area contributed by atoms with Crippen molar-refractivity contribution in [2.24, 2.45) is 0 Å². The van der Waals surface area contributed by atoms with Crippen LogP contribution in [0.25, 0.3) is 0 Å². The lowest BCUT2D eigenvalue weighted by molar-refractivity contribution is 0.0701. The van der Waals surface area contributed by atoms with E-state index < -0.39 is 5.97 Å². The summed E-state index contributed by atoms with van der Waals surface area (Å²) >= 11 is 2.51. The van der Waals surface area contributed by atoms with Crippen molar-refractivity contribution in [1.82, 2.24) is 15.0 Å². The Kier molecular flexibility index (Phi) is 3.63. The highest BCUT2D eigenvalue weighted by atomic mass is 32.2. The van der Waals surface area contributed by atoms with E-state index in [1.165, 1.54) is 11.8 Å². The quantitative estimate of drug-likeness (QED) is 0.932. The van der Waals surface area contributed by atoms with Crippen LogP contribution in [0.1, 0.15) is 26.8 Å². The molecule has 1 N–H and O–H groups in total. The molecule has 5 nitrogen and oxygen atoms in total. The third kappa shape index (κ3) is 2.68. The summed E-state index contributed by atoms with van der Waals surface area (Å²) in [6.45, 7) is 5.43. The molecule has 0 saturated carbocycles. The molecule has 0 aromatic carbocycles. The molecule has 0 amide bonds. The fourth-order valence-corrected chi connectivity index (χ4v) is 3.34. The van der Waals surface area contributed by atoms with Crippen LogP contribution >= 0.6 is 23.1 Å². The zero-order valence-electron chi connectivity index (χ0n) is 10.1. The standard InChI is InChI=1S/C11H11N3O2S2/c1-5-4-12-7(3)9(13-5)18-11-14-6(2)8(17-11)10(15)16/h4H,1-3H3,(H,15,16). The maximum absolute atomic E-state index is 10.9. The fourth-order valence-electron chi connectivity index (χ4n) is 1.31. The summed E-state index contributed by atoms with van der Waals surface area (Å²) in [7, 11) is 0. The molecule has 0 spiro atoms. The molecular weight excluding hydrogens is 270 g/mol. The molecule has 0 saturated heterocycles. The van der Waals surface area contributed by atoms with E-state index in [4.69, 9.17) is 5.11 Å². The Labute approximate surface area is 112 Å². The second-order valence-electron chi connectivity index (χ2n) is 3.70. The summed E-state index contributed by atoms with van der Waals surface area (Å²) < 4.78 is 0.674. The Hall–Kier alpha value is -1.47. The normalized spacial score (nSPS) is 10.6. The molecule has 2 heterocycles. The van der Waals surface area contributed by atoms with Crippen molar-refractivity contribution in [2.45, 2.75) is 30.1 Å².